The van der Waals surface area contributed by atoms with E-state index in [1.165, 1.54) is 0 Å². The smallest absolute Gasteiger partial charge is 0.343 e. The first-order valence-electron chi connectivity index (χ1n) is 6.90. The zero-order chi connectivity index (χ0) is 19.5. The van der Waals surface area contributed by atoms with Crippen LogP contribution in [0.4, 0.5) is 27.6 Å². The highest BCUT2D eigenvalue weighted by Crippen LogP contribution is 2.19. The number of hydrogen-bond acceptors (Lipinski definition) is 3. The highest BCUT2D eigenvalue weighted by molar-refractivity contribution is 7.92. The van der Waals surface area contributed by atoms with Gasteiger partial charge in [-0.25, -0.2) is 17.2 Å². The highest BCUT2D eigenvalue weighted by atomic mass is 32.2. The van der Waals surface area contributed by atoms with Gasteiger partial charge >= 0.3 is 6.18 Å². The van der Waals surface area contributed by atoms with Crippen LogP contribution in [0.15, 0.2) is 47.4 Å². The molecule has 0 fully saturated rings. The van der Waals surface area contributed by atoms with Crippen molar-refractivity contribution >= 4 is 21.6 Å². The third-order valence-corrected chi connectivity index (χ3v) is 4.35. The second-order valence-corrected chi connectivity index (χ2v) is 6.77. The first-order valence-corrected chi connectivity index (χ1v) is 8.38. The highest BCUT2D eigenvalue weighted by Gasteiger charge is 2.28. The number of nitrogens with one attached hydrogen (secondary N) is 2. The van der Waals surface area contributed by atoms with Crippen LogP contribution in [0.2, 0.25) is 0 Å². The fourth-order valence-electron chi connectivity index (χ4n) is 1.91. The van der Waals surface area contributed by atoms with Crippen LogP contribution in [0.1, 0.15) is 10.4 Å². The molecule has 2 rings (SSSR count). The number of carbonyl (C=O) groups is 1. The largest absolute Gasteiger partial charge is 0.405 e. The number of benzene rings is 2. The van der Waals surface area contributed by atoms with Crippen LogP contribution in [0.5, 0.6) is 0 Å². The molecule has 0 spiro atoms. The summed E-state index contributed by atoms with van der Waals surface area (Å²) < 4.78 is 89.1. The van der Waals surface area contributed by atoms with Crippen molar-refractivity contribution in [2.45, 2.75) is 11.1 Å². The minimum Gasteiger partial charge on any atom is -0.343 e. The minimum atomic E-state index is -4.62. The van der Waals surface area contributed by atoms with Crippen LogP contribution in [0.3, 0.4) is 0 Å². The normalized spacial score (nSPS) is 11.9. The minimum absolute atomic E-state index is 0.331. The molecule has 0 atom stereocenters. The molecule has 140 valence electrons. The van der Waals surface area contributed by atoms with Crippen molar-refractivity contribution in [2.24, 2.45) is 0 Å². The topological polar surface area (TPSA) is 75.3 Å². The molecule has 2 aromatic carbocycles. The SMILES string of the molecule is O=C(NCC(F)(F)F)c1cccc(S(=O)(=O)Nc2cc(F)cc(F)c2)c1. The van der Waals surface area contributed by atoms with Gasteiger partial charge in [0.05, 0.1) is 10.6 Å². The molecule has 0 saturated carbocycles. The Kier molecular flexibility index (Phi) is 5.50. The predicted octanol–water partition coefficient (Wildman–Crippen LogP) is 3.06. The molecule has 26 heavy (non-hydrogen) atoms. The number of rotatable bonds is 5. The quantitative estimate of drug-likeness (QED) is 0.766. The molecule has 0 aliphatic carbocycles. The lowest BCUT2D eigenvalue weighted by molar-refractivity contribution is -0.123. The lowest BCUT2D eigenvalue weighted by Gasteiger charge is -2.11. The number of amides is 1. The van der Waals surface area contributed by atoms with Crippen LogP contribution in [-0.2, 0) is 10.0 Å². The second-order valence-electron chi connectivity index (χ2n) is 5.09. The van der Waals surface area contributed by atoms with Crippen molar-refractivity contribution in [3.63, 3.8) is 0 Å². The zero-order valence-corrected chi connectivity index (χ0v) is 13.6. The van der Waals surface area contributed by atoms with Gasteiger partial charge in [-0.15, -0.1) is 0 Å². The summed E-state index contributed by atoms with van der Waals surface area (Å²) in [5, 5.41) is 1.60. The standard InChI is InChI=1S/C15H11F5N2O3S/c16-10-5-11(17)7-12(6-10)22-26(24,25)13-3-1-2-9(4-13)14(23)21-8-15(18,19)20/h1-7,22H,8H2,(H,21,23). The lowest BCUT2D eigenvalue weighted by atomic mass is 10.2. The molecule has 0 heterocycles. The van der Waals surface area contributed by atoms with Crippen molar-refractivity contribution in [1.82, 2.24) is 5.32 Å². The molecule has 0 radical (unpaired) electrons. The fraction of sp³-hybridized carbons (Fsp3) is 0.133. The molecule has 0 aliphatic heterocycles. The van der Waals surface area contributed by atoms with Gasteiger partial charge in [0.15, 0.2) is 0 Å². The molecule has 5 nitrogen and oxygen atoms in total. The van der Waals surface area contributed by atoms with Crippen LogP contribution in [0, 0.1) is 11.6 Å². The van der Waals surface area contributed by atoms with E-state index in [1.807, 2.05) is 4.72 Å². The van der Waals surface area contributed by atoms with Crippen LogP contribution >= 0.6 is 0 Å². The Balaban J connectivity index is 2.23. The lowest BCUT2D eigenvalue weighted by Crippen LogP contribution is -2.33. The van der Waals surface area contributed by atoms with E-state index in [4.69, 9.17) is 0 Å². The summed E-state index contributed by atoms with van der Waals surface area (Å²) in [6.45, 7) is -1.58. The van der Waals surface area contributed by atoms with E-state index in [2.05, 4.69) is 0 Å². The first-order chi connectivity index (χ1) is 12.0. The zero-order valence-electron chi connectivity index (χ0n) is 12.8. The Morgan fingerprint density at radius 3 is 2.19 bits per heavy atom. The maximum absolute atomic E-state index is 13.1. The van der Waals surface area contributed by atoms with Gasteiger partial charge in [-0.1, -0.05) is 6.07 Å². The third kappa shape index (κ3) is 5.41. The summed E-state index contributed by atoms with van der Waals surface area (Å²) in [5.41, 5.74) is -0.725. The molecule has 2 N–H and O–H groups in total. The van der Waals surface area contributed by atoms with Gasteiger partial charge in [-0.2, -0.15) is 13.2 Å². The Bertz CT molecular complexity index is 909. The Morgan fingerprint density at radius 1 is 1.00 bits per heavy atom. The van der Waals surface area contributed by atoms with Gasteiger partial charge in [0.1, 0.15) is 18.2 Å². The molecule has 2 aromatic rings. The molecular formula is C15H11F5N2O3S. The van der Waals surface area contributed by atoms with Crippen LogP contribution in [-0.4, -0.2) is 27.0 Å². The molecule has 11 heteroatoms. The summed E-state index contributed by atoms with van der Waals surface area (Å²) in [7, 11) is -4.33. The van der Waals surface area contributed by atoms with E-state index >= 15 is 0 Å². The summed E-state index contributed by atoms with van der Waals surface area (Å²) in [6.07, 6.45) is -4.62. The number of carbonyl (C=O) groups excluding carboxylic acids is 1. The van der Waals surface area contributed by atoms with Gasteiger partial charge in [0.25, 0.3) is 15.9 Å². The van der Waals surface area contributed by atoms with E-state index in [0.717, 1.165) is 36.4 Å². The van der Waals surface area contributed by atoms with Crippen molar-refractivity contribution in [2.75, 3.05) is 11.3 Å². The molecule has 0 aliphatic rings. The Labute approximate surface area is 144 Å². The van der Waals surface area contributed by atoms with E-state index in [-0.39, 0.29) is 5.56 Å². The van der Waals surface area contributed by atoms with Gasteiger partial charge < -0.3 is 5.32 Å². The fourth-order valence-corrected chi connectivity index (χ4v) is 3.00. The summed E-state index contributed by atoms with van der Waals surface area (Å²) in [5.74, 6) is -3.15. The molecular weight excluding hydrogens is 383 g/mol. The summed E-state index contributed by atoms with van der Waals surface area (Å²) in [6, 6.07) is 6.18. The molecule has 0 bridgehead atoms. The van der Waals surface area contributed by atoms with E-state index < -0.39 is 50.9 Å². The molecule has 0 aromatic heterocycles. The number of anilines is 1. The monoisotopic (exact) mass is 394 g/mol. The van der Waals surface area contributed by atoms with Crippen molar-refractivity contribution < 1.29 is 35.2 Å². The predicted molar refractivity (Wildman–Crippen MR) is 82.0 cm³/mol. The second kappa shape index (κ2) is 7.28. The summed E-state index contributed by atoms with van der Waals surface area (Å²) in [4.78, 5) is 11.2. The Morgan fingerprint density at radius 2 is 1.62 bits per heavy atom. The van der Waals surface area contributed by atoms with Crippen molar-refractivity contribution in [1.29, 1.82) is 0 Å². The Hall–Kier alpha value is -2.69. The summed E-state index contributed by atoms with van der Waals surface area (Å²) >= 11 is 0. The molecule has 0 saturated heterocycles. The number of hydrogen-bond donors (Lipinski definition) is 2. The maximum atomic E-state index is 13.1. The molecule has 1 amide bonds. The van der Waals surface area contributed by atoms with Crippen molar-refractivity contribution in [3.8, 4) is 0 Å². The number of halogens is 5. The average molecular weight is 394 g/mol. The average Bonchev–Trinajstić information content (AvgIpc) is 2.50. The third-order valence-electron chi connectivity index (χ3n) is 2.97. The maximum Gasteiger partial charge on any atom is 0.405 e. The first kappa shape index (κ1) is 19.6. The van der Waals surface area contributed by atoms with Gasteiger partial charge in [0.2, 0.25) is 0 Å². The molecule has 0 unspecified atom stereocenters. The van der Waals surface area contributed by atoms with Gasteiger partial charge in [-0.05, 0) is 30.3 Å². The van der Waals surface area contributed by atoms with E-state index in [1.54, 1.807) is 5.32 Å². The van der Waals surface area contributed by atoms with Crippen LogP contribution in [0.25, 0.3) is 0 Å². The van der Waals surface area contributed by atoms with E-state index in [9.17, 15) is 35.2 Å². The van der Waals surface area contributed by atoms with Gasteiger partial charge in [0, 0.05) is 11.6 Å². The number of alkyl halides is 3. The van der Waals surface area contributed by atoms with Gasteiger partial charge in [-0.3, -0.25) is 9.52 Å². The van der Waals surface area contributed by atoms with Crippen LogP contribution < -0.4 is 10.0 Å². The number of sulfonamides is 1. The van der Waals surface area contributed by atoms with E-state index in [0.29, 0.717) is 6.07 Å². The van der Waals surface area contributed by atoms with Crippen molar-refractivity contribution in [3.05, 3.63) is 59.7 Å².